The Morgan fingerprint density at radius 3 is 2.07 bits per heavy atom. The number of para-hydroxylation sites is 1. The maximum atomic E-state index is 13.3. The number of aryl methyl sites for hydroxylation is 1. The van der Waals surface area contributed by atoms with Crippen LogP contribution in [0.3, 0.4) is 0 Å². The summed E-state index contributed by atoms with van der Waals surface area (Å²) in [5.41, 5.74) is 8.27. The lowest BCUT2D eigenvalue weighted by molar-refractivity contribution is -0.141. The molecule has 234 valence electrons. The number of hydrogen-bond acceptors (Lipinski definition) is 5. The van der Waals surface area contributed by atoms with E-state index in [9.17, 15) is 9.59 Å². The predicted octanol–water partition coefficient (Wildman–Crippen LogP) is 8.91. The molecule has 45 heavy (non-hydrogen) atoms. The maximum Gasteiger partial charge on any atom is 0.328 e. The highest BCUT2D eigenvalue weighted by Gasteiger charge is 2.37. The molecule has 4 aromatic carbocycles. The molecular weight excluding hydrogens is 558 g/mol. The third kappa shape index (κ3) is 6.98. The Morgan fingerprint density at radius 2 is 1.42 bits per heavy atom. The molecule has 0 fully saturated rings. The second-order valence-electron chi connectivity index (χ2n) is 13.6. The van der Waals surface area contributed by atoms with E-state index in [2.05, 4.69) is 59.0 Å². The number of carbonyl (C=O) groups excluding carboxylic acids is 2. The van der Waals surface area contributed by atoms with Crippen LogP contribution >= 0.6 is 0 Å². The van der Waals surface area contributed by atoms with Gasteiger partial charge < -0.3 is 14.8 Å². The van der Waals surface area contributed by atoms with Crippen molar-refractivity contribution in [2.75, 3.05) is 12.4 Å². The lowest BCUT2D eigenvalue weighted by Crippen LogP contribution is -2.34. The molecule has 0 amide bonds. The third-order valence-corrected chi connectivity index (χ3v) is 9.38. The topological polar surface area (TPSA) is 64.6 Å². The summed E-state index contributed by atoms with van der Waals surface area (Å²) in [5, 5.41) is 3.28. The average Bonchev–Trinajstić information content (AvgIpc) is 3.03. The van der Waals surface area contributed by atoms with E-state index in [1.54, 1.807) is 18.2 Å². The van der Waals surface area contributed by atoms with Gasteiger partial charge in [-0.1, -0.05) is 94.4 Å². The van der Waals surface area contributed by atoms with Gasteiger partial charge >= 0.3 is 5.97 Å². The fraction of sp³-hybridized carbons (Fsp3) is 0.350. The molecule has 5 nitrogen and oxygen atoms in total. The Labute approximate surface area is 268 Å². The Hall–Kier alpha value is -4.38. The van der Waals surface area contributed by atoms with Gasteiger partial charge in [-0.05, 0) is 89.6 Å². The zero-order valence-electron chi connectivity index (χ0n) is 27.6. The summed E-state index contributed by atoms with van der Waals surface area (Å²) in [4.78, 5) is 26.1. The Morgan fingerprint density at radius 1 is 0.822 bits per heavy atom. The lowest BCUT2D eigenvalue weighted by atomic mass is 9.62. The second kappa shape index (κ2) is 12.9. The minimum atomic E-state index is -0.684. The van der Waals surface area contributed by atoms with Gasteiger partial charge in [-0.25, -0.2) is 4.79 Å². The van der Waals surface area contributed by atoms with Gasteiger partial charge in [0.25, 0.3) is 0 Å². The molecule has 2 atom stereocenters. The van der Waals surface area contributed by atoms with Crippen molar-refractivity contribution in [2.24, 2.45) is 0 Å². The van der Waals surface area contributed by atoms with E-state index in [1.807, 2.05) is 60.7 Å². The van der Waals surface area contributed by atoms with Crippen molar-refractivity contribution in [1.29, 1.82) is 0 Å². The zero-order chi connectivity index (χ0) is 32.4. The summed E-state index contributed by atoms with van der Waals surface area (Å²) in [5.74, 6) is 0.253. The van der Waals surface area contributed by atoms with Crippen molar-refractivity contribution in [2.45, 2.75) is 83.8 Å². The molecule has 1 aliphatic carbocycles. The molecule has 1 N–H and O–H groups in total. The smallest absolute Gasteiger partial charge is 0.328 e. The SMILES string of the molecule is COC(=O)[C@H](Cc1ccc(OC(C)c2cc3c(cc2C)C(C)(C)CCC3(C)C)cc1)Nc1ccccc1C(=O)c1ccccc1. The van der Waals surface area contributed by atoms with Gasteiger partial charge in [-0.2, -0.15) is 0 Å². The molecule has 5 heteroatoms. The quantitative estimate of drug-likeness (QED) is 0.145. The molecule has 0 bridgehead atoms. The highest BCUT2D eigenvalue weighted by molar-refractivity contribution is 6.12. The predicted molar refractivity (Wildman–Crippen MR) is 181 cm³/mol. The highest BCUT2D eigenvalue weighted by Crippen LogP contribution is 2.47. The molecular formula is C40H45NO4. The van der Waals surface area contributed by atoms with Crippen molar-refractivity contribution in [1.82, 2.24) is 0 Å². The lowest BCUT2D eigenvalue weighted by Gasteiger charge is -2.42. The van der Waals surface area contributed by atoms with Gasteiger partial charge in [0.15, 0.2) is 5.78 Å². The number of esters is 1. The number of carbonyl (C=O) groups is 2. The summed E-state index contributed by atoms with van der Waals surface area (Å²) in [7, 11) is 1.38. The Bertz CT molecular complexity index is 1670. The van der Waals surface area contributed by atoms with Crippen LogP contribution in [-0.2, 0) is 26.8 Å². The number of benzene rings is 4. The van der Waals surface area contributed by atoms with Crippen molar-refractivity contribution in [3.8, 4) is 5.75 Å². The average molecular weight is 604 g/mol. The molecule has 5 rings (SSSR count). The molecule has 1 unspecified atom stereocenters. The van der Waals surface area contributed by atoms with Gasteiger partial charge in [0.1, 0.15) is 17.9 Å². The first-order valence-corrected chi connectivity index (χ1v) is 15.8. The second-order valence-corrected chi connectivity index (χ2v) is 13.6. The molecule has 0 aliphatic heterocycles. The monoisotopic (exact) mass is 603 g/mol. The van der Waals surface area contributed by atoms with Gasteiger partial charge in [0.2, 0.25) is 0 Å². The van der Waals surface area contributed by atoms with E-state index in [1.165, 1.54) is 42.2 Å². The van der Waals surface area contributed by atoms with Gasteiger partial charge in [-0.15, -0.1) is 0 Å². The first kappa shape index (κ1) is 32.0. The molecule has 0 radical (unpaired) electrons. The van der Waals surface area contributed by atoms with Gasteiger partial charge in [0.05, 0.1) is 7.11 Å². The number of ether oxygens (including phenoxy) is 2. The molecule has 1 aliphatic rings. The van der Waals surface area contributed by atoms with E-state index in [0.717, 1.165) is 11.3 Å². The number of anilines is 1. The Kier molecular flexibility index (Phi) is 9.20. The van der Waals surface area contributed by atoms with E-state index in [-0.39, 0.29) is 22.7 Å². The van der Waals surface area contributed by atoms with Crippen LogP contribution in [0.2, 0.25) is 0 Å². The first-order chi connectivity index (χ1) is 21.4. The van der Waals surface area contributed by atoms with Crippen LogP contribution in [-0.4, -0.2) is 24.9 Å². The number of nitrogens with one attached hydrogen (secondary N) is 1. The van der Waals surface area contributed by atoms with Gasteiger partial charge in [-0.3, -0.25) is 4.79 Å². The molecule has 4 aromatic rings. The first-order valence-electron chi connectivity index (χ1n) is 15.8. The minimum Gasteiger partial charge on any atom is -0.486 e. The standard InChI is InChI=1S/C40H45NO4/c1-26-23-33-34(40(5,6)22-21-39(33,3)4)25-32(26)27(2)45-30-19-17-28(18-20-30)24-36(38(43)44-7)41-35-16-12-11-15-31(35)37(42)29-13-9-8-10-14-29/h8-20,23,25,27,36,41H,21-22,24H2,1-7H3/t27?,36-/m0/s1. The third-order valence-electron chi connectivity index (χ3n) is 9.38. The summed E-state index contributed by atoms with van der Waals surface area (Å²) in [6.45, 7) is 13.7. The number of fused-ring (bicyclic) bond motifs is 1. The van der Waals surface area contributed by atoms with Crippen LogP contribution in [0.25, 0.3) is 0 Å². The van der Waals surface area contributed by atoms with Crippen LogP contribution in [0.4, 0.5) is 5.69 Å². The van der Waals surface area contributed by atoms with Crippen molar-refractivity contribution >= 4 is 17.4 Å². The van der Waals surface area contributed by atoms with Crippen molar-refractivity contribution in [3.63, 3.8) is 0 Å². The van der Waals surface area contributed by atoms with E-state index >= 15 is 0 Å². The van der Waals surface area contributed by atoms with E-state index in [4.69, 9.17) is 9.47 Å². The molecule has 0 saturated carbocycles. The molecule has 0 aromatic heterocycles. The van der Waals surface area contributed by atoms with Gasteiger partial charge in [0, 0.05) is 23.2 Å². The molecule has 0 saturated heterocycles. The van der Waals surface area contributed by atoms with E-state index in [0.29, 0.717) is 23.2 Å². The largest absolute Gasteiger partial charge is 0.486 e. The summed E-state index contributed by atoms with van der Waals surface area (Å²) < 4.78 is 11.6. The number of rotatable bonds is 10. The normalized spacial score (nSPS) is 16.2. The summed E-state index contributed by atoms with van der Waals surface area (Å²) >= 11 is 0. The van der Waals surface area contributed by atoms with Crippen LogP contribution in [0.15, 0.2) is 91.0 Å². The molecule has 0 heterocycles. The highest BCUT2D eigenvalue weighted by atomic mass is 16.5. The zero-order valence-corrected chi connectivity index (χ0v) is 27.6. The summed E-state index contributed by atoms with van der Waals surface area (Å²) in [6, 6.07) is 28.3. The fourth-order valence-corrected chi connectivity index (χ4v) is 6.46. The van der Waals surface area contributed by atoms with Crippen LogP contribution in [0.1, 0.15) is 97.3 Å². The number of hydrogen-bond donors (Lipinski definition) is 1. The van der Waals surface area contributed by atoms with Crippen LogP contribution in [0.5, 0.6) is 5.75 Å². The molecule has 0 spiro atoms. The Balaban J connectivity index is 1.31. The van der Waals surface area contributed by atoms with Crippen LogP contribution in [0, 0.1) is 6.92 Å². The number of ketones is 1. The summed E-state index contributed by atoms with van der Waals surface area (Å²) in [6.07, 6.45) is 2.62. The van der Waals surface area contributed by atoms with Crippen molar-refractivity contribution < 1.29 is 19.1 Å². The van der Waals surface area contributed by atoms with Crippen LogP contribution < -0.4 is 10.1 Å². The number of methoxy groups -OCH3 is 1. The minimum absolute atomic E-state index is 0.112. The van der Waals surface area contributed by atoms with Crippen molar-refractivity contribution in [3.05, 3.63) is 130 Å². The fourth-order valence-electron chi connectivity index (χ4n) is 6.46. The van der Waals surface area contributed by atoms with E-state index < -0.39 is 12.0 Å². The maximum absolute atomic E-state index is 13.3.